The van der Waals surface area contributed by atoms with Crippen LogP contribution in [0.5, 0.6) is 11.5 Å². The fourth-order valence-corrected chi connectivity index (χ4v) is 2.55. The van der Waals surface area contributed by atoms with E-state index in [4.69, 9.17) is 27.4 Å². The van der Waals surface area contributed by atoms with E-state index in [1.165, 1.54) is 0 Å². The first kappa shape index (κ1) is 14.8. The van der Waals surface area contributed by atoms with Gasteiger partial charge >= 0.3 is 0 Å². The molecule has 0 aliphatic heterocycles. The molecule has 104 valence electrons. The van der Waals surface area contributed by atoms with Crippen molar-refractivity contribution < 1.29 is 9.47 Å². The van der Waals surface area contributed by atoms with Gasteiger partial charge in [0.2, 0.25) is 0 Å². The molecule has 2 rings (SSSR count). The molecule has 0 amide bonds. The number of methoxy groups -OCH3 is 1. The van der Waals surface area contributed by atoms with E-state index < -0.39 is 0 Å². The van der Waals surface area contributed by atoms with Crippen molar-refractivity contribution in [2.75, 3.05) is 7.11 Å². The molecule has 3 nitrogen and oxygen atoms in total. The van der Waals surface area contributed by atoms with E-state index in [1.807, 2.05) is 42.5 Å². The lowest BCUT2D eigenvalue weighted by Gasteiger charge is -2.09. The normalized spacial score (nSPS) is 10.1. The molecule has 0 unspecified atom stereocenters. The fourth-order valence-electron chi connectivity index (χ4n) is 1.67. The molecule has 2 aromatic rings. The first-order valence-electron chi connectivity index (χ1n) is 5.95. The third kappa shape index (κ3) is 3.71. The van der Waals surface area contributed by atoms with Crippen LogP contribution in [0.1, 0.15) is 11.1 Å². The number of benzene rings is 2. The van der Waals surface area contributed by atoms with E-state index in [-0.39, 0.29) is 0 Å². The molecule has 0 heterocycles. The molecule has 0 bridgehead atoms. The summed E-state index contributed by atoms with van der Waals surface area (Å²) in [6.07, 6.45) is 0. The summed E-state index contributed by atoms with van der Waals surface area (Å²) >= 11 is 8.38. The number of ether oxygens (including phenoxy) is 2. The van der Waals surface area contributed by atoms with Crippen molar-refractivity contribution in [1.29, 1.82) is 0 Å². The molecule has 0 aliphatic carbocycles. The van der Waals surface area contributed by atoms with Crippen LogP contribution in [0.4, 0.5) is 0 Å². The quantitative estimate of drug-likeness (QED) is 0.834. The van der Waals surface area contributed by atoms with Crippen molar-refractivity contribution >= 4 is 33.1 Å². The molecule has 0 radical (unpaired) electrons. The van der Waals surface area contributed by atoms with Crippen LogP contribution in [0.25, 0.3) is 0 Å². The standard InChI is InChI=1S/C15H14BrNO2S/c1-18-11-4-2-10(3-5-11)9-19-12-6-7-13(15(17)20)14(16)8-12/h2-8H,9H2,1H3,(H2,17,20). The summed E-state index contributed by atoms with van der Waals surface area (Å²) in [6, 6.07) is 13.3. The zero-order chi connectivity index (χ0) is 14.5. The Bertz CT molecular complexity index is 614. The van der Waals surface area contributed by atoms with Gasteiger partial charge in [0.1, 0.15) is 23.1 Å². The second-order valence-electron chi connectivity index (χ2n) is 4.14. The van der Waals surface area contributed by atoms with Gasteiger partial charge in [-0.25, -0.2) is 0 Å². The number of halogens is 1. The Morgan fingerprint density at radius 2 is 1.80 bits per heavy atom. The predicted octanol–water partition coefficient (Wildman–Crippen LogP) is 3.67. The minimum absolute atomic E-state index is 0.360. The van der Waals surface area contributed by atoms with Crippen molar-refractivity contribution in [3.8, 4) is 11.5 Å². The Hall–Kier alpha value is -1.59. The van der Waals surface area contributed by atoms with E-state index in [0.29, 0.717) is 11.6 Å². The molecule has 20 heavy (non-hydrogen) atoms. The number of thiocarbonyl (C=S) groups is 1. The van der Waals surface area contributed by atoms with Crippen molar-refractivity contribution in [2.45, 2.75) is 6.61 Å². The van der Waals surface area contributed by atoms with Gasteiger partial charge in [0.25, 0.3) is 0 Å². The van der Waals surface area contributed by atoms with Gasteiger partial charge < -0.3 is 15.2 Å². The van der Waals surface area contributed by atoms with Gasteiger partial charge in [-0.05, 0) is 51.8 Å². The van der Waals surface area contributed by atoms with E-state index >= 15 is 0 Å². The Morgan fingerprint density at radius 1 is 1.15 bits per heavy atom. The van der Waals surface area contributed by atoms with Crippen LogP contribution in [0.3, 0.4) is 0 Å². The van der Waals surface area contributed by atoms with Crippen molar-refractivity contribution in [3.63, 3.8) is 0 Å². The minimum Gasteiger partial charge on any atom is -0.497 e. The second-order valence-corrected chi connectivity index (χ2v) is 5.44. The topological polar surface area (TPSA) is 44.5 Å². The lowest BCUT2D eigenvalue weighted by Crippen LogP contribution is -2.10. The highest BCUT2D eigenvalue weighted by molar-refractivity contribution is 9.10. The molecule has 0 saturated carbocycles. The molecular formula is C15H14BrNO2S. The van der Waals surface area contributed by atoms with Crippen LogP contribution < -0.4 is 15.2 Å². The lowest BCUT2D eigenvalue weighted by atomic mass is 10.2. The van der Waals surface area contributed by atoms with Gasteiger partial charge in [-0.15, -0.1) is 0 Å². The van der Waals surface area contributed by atoms with Crippen molar-refractivity contribution in [1.82, 2.24) is 0 Å². The average molecular weight is 352 g/mol. The van der Waals surface area contributed by atoms with Crippen LogP contribution in [0.2, 0.25) is 0 Å². The monoisotopic (exact) mass is 351 g/mol. The SMILES string of the molecule is COc1ccc(COc2ccc(C(N)=S)c(Br)c2)cc1. The molecule has 2 aromatic carbocycles. The summed E-state index contributed by atoms with van der Waals surface area (Å²) in [4.78, 5) is 0.360. The minimum atomic E-state index is 0.360. The Kier molecular flexibility index (Phi) is 4.98. The molecule has 2 N–H and O–H groups in total. The molecule has 0 saturated heterocycles. The predicted molar refractivity (Wildman–Crippen MR) is 87.4 cm³/mol. The highest BCUT2D eigenvalue weighted by Crippen LogP contribution is 2.24. The van der Waals surface area contributed by atoms with Gasteiger partial charge in [0, 0.05) is 10.0 Å². The maximum Gasteiger partial charge on any atom is 0.120 e. The Labute approximate surface area is 131 Å². The van der Waals surface area contributed by atoms with Gasteiger partial charge in [0.15, 0.2) is 0 Å². The van der Waals surface area contributed by atoms with E-state index in [2.05, 4.69) is 15.9 Å². The van der Waals surface area contributed by atoms with E-state index in [9.17, 15) is 0 Å². The summed E-state index contributed by atoms with van der Waals surface area (Å²) in [7, 11) is 1.65. The molecule has 0 fully saturated rings. The van der Waals surface area contributed by atoms with Crippen LogP contribution in [0, 0.1) is 0 Å². The highest BCUT2D eigenvalue weighted by Gasteiger charge is 2.05. The average Bonchev–Trinajstić information content (AvgIpc) is 2.45. The molecule has 5 heteroatoms. The van der Waals surface area contributed by atoms with Crippen LogP contribution in [0.15, 0.2) is 46.9 Å². The number of rotatable bonds is 5. The van der Waals surface area contributed by atoms with E-state index in [0.717, 1.165) is 27.1 Å². The third-order valence-electron chi connectivity index (χ3n) is 2.77. The summed E-state index contributed by atoms with van der Waals surface area (Å²) in [5.74, 6) is 1.59. The van der Waals surface area contributed by atoms with Gasteiger partial charge in [0.05, 0.1) is 7.11 Å². The number of hydrogen-bond donors (Lipinski definition) is 1. The first-order valence-corrected chi connectivity index (χ1v) is 7.15. The third-order valence-corrected chi connectivity index (χ3v) is 3.65. The maximum atomic E-state index is 5.73. The van der Waals surface area contributed by atoms with Crippen LogP contribution >= 0.6 is 28.1 Å². The smallest absolute Gasteiger partial charge is 0.120 e. The van der Waals surface area contributed by atoms with Gasteiger partial charge in [-0.3, -0.25) is 0 Å². The first-order chi connectivity index (χ1) is 9.60. The van der Waals surface area contributed by atoms with Gasteiger partial charge in [-0.1, -0.05) is 24.4 Å². The second kappa shape index (κ2) is 6.72. The summed E-state index contributed by atoms with van der Waals surface area (Å²) in [6.45, 7) is 0.489. The summed E-state index contributed by atoms with van der Waals surface area (Å²) < 4.78 is 11.7. The zero-order valence-electron chi connectivity index (χ0n) is 10.9. The Morgan fingerprint density at radius 3 is 2.35 bits per heavy atom. The summed E-state index contributed by atoms with van der Waals surface area (Å²) in [5.41, 5.74) is 7.48. The van der Waals surface area contributed by atoms with Gasteiger partial charge in [-0.2, -0.15) is 0 Å². The van der Waals surface area contributed by atoms with E-state index in [1.54, 1.807) is 7.11 Å². The number of hydrogen-bond acceptors (Lipinski definition) is 3. The fraction of sp³-hybridized carbons (Fsp3) is 0.133. The lowest BCUT2D eigenvalue weighted by molar-refractivity contribution is 0.306. The molecule has 0 atom stereocenters. The molecule has 0 spiro atoms. The zero-order valence-corrected chi connectivity index (χ0v) is 13.3. The molecule has 0 aromatic heterocycles. The highest BCUT2D eigenvalue weighted by atomic mass is 79.9. The molecule has 0 aliphatic rings. The Balaban J connectivity index is 2.03. The largest absolute Gasteiger partial charge is 0.497 e. The molecular weight excluding hydrogens is 338 g/mol. The van der Waals surface area contributed by atoms with Crippen molar-refractivity contribution in [2.24, 2.45) is 5.73 Å². The number of nitrogens with two attached hydrogens (primary N) is 1. The van der Waals surface area contributed by atoms with Crippen LogP contribution in [-0.4, -0.2) is 12.1 Å². The van der Waals surface area contributed by atoms with Crippen LogP contribution in [-0.2, 0) is 6.61 Å². The maximum absolute atomic E-state index is 5.73. The summed E-state index contributed by atoms with van der Waals surface area (Å²) in [5, 5.41) is 0. The van der Waals surface area contributed by atoms with Crippen molar-refractivity contribution in [3.05, 3.63) is 58.1 Å².